The number of aromatic hydroxyl groups is 1. The van der Waals surface area contributed by atoms with Gasteiger partial charge in [0, 0.05) is 20.0 Å². The SMILES string of the molecule is C[C@@H](C(=O)N[C@H](C(=O)N1Cc2cc(O)ccc2C[C@H]1C(=O)N[C@@H]1CCCc2ccccc21)C(C)(C)C)N(C)C(=O)O. The molecule has 0 spiro atoms. The molecule has 4 N–H and O–H groups in total. The molecule has 0 saturated carbocycles. The molecule has 0 bridgehead atoms. The summed E-state index contributed by atoms with van der Waals surface area (Å²) in [7, 11) is 1.29. The van der Waals surface area contributed by atoms with E-state index in [-0.39, 0.29) is 30.7 Å². The van der Waals surface area contributed by atoms with Crippen molar-refractivity contribution in [3.8, 4) is 5.75 Å². The normalized spacial score (nSPS) is 19.7. The number of rotatable bonds is 6. The van der Waals surface area contributed by atoms with E-state index >= 15 is 0 Å². The fourth-order valence-electron chi connectivity index (χ4n) is 5.63. The van der Waals surface area contributed by atoms with E-state index in [1.807, 2.05) is 18.2 Å². The van der Waals surface area contributed by atoms with Crippen molar-refractivity contribution in [1.29, 1.82) is 0 Å². The first-order chi connectivity index (χ1) is 19.3. The molecule has 4 atom stereocenters. The summed E-state index contributed by atoms with van der Waals surface area (Å²) < 4.78 is 0. The summed E-state index contributed by atoms with van der Waals surface area (Å²) >= 11 is 0. The van der Waals surface area contributed by atoms with Crippen molar-refractivity contribution in [1.82, 2.24) is 20.4 Å². The van der Waals surface area contributed by atoms with Crippen LogP contribution in [0.1, 0.15) is 68.8 Å². The van der Waals surface area contributed by atoms with Gasteiger partial charge in [-0.2, -0.15) is 0 Å². The molecule has 41 heavy (non-hydrogen) atoms. The maximum Gasteiger partial charge on any atom is 0.407 e. The number of phenols is 1. The molecule has 220 valence electrons. The van der Waals surface area contributed by atoms with Crippen molar-refractivity contribution in [2.45, 2.75) is 84.1 Å². The smallest absolute Gasteiger partial charge is 0.407 e. The van der Waals surface area contributed by atoms with Gasteiger partial charge in [0.1, 0.15) is 23.9 Å². The van der Waals surface area contributed by atoms with E-state index in [0.29, 0.717) is 0 Å². The molecular formula is C31H40N4O6. The van der Waals surface area contributed by atoms with Gasteiger partial charge < -0.3 is 25.7 Å². The van der Waals surface area contributed by atoms with Gasteiger partial charge >= 0.3 is 6.09 Å². The number of aryl methyl sites for hydroxylation is 1. The van der Waals surface area contributed by atoms with Crippen LogP contribution in [-0.4, -0.2) is 69.0 Å². The van der Waals surface area contributed by atoms with Gasteiger partial charge in [0.25, 0.3) is 0 Å². The number of carbonyl (C=O) groups excluding carboxylic acids is 3. The van der Waals surface area contributed by atoms with E-state index in [1.165, 1.54) is 24.4 Å². The number of carbonyl (C=O) groups is 4. The van der Waals surface area contributed by atoms with E-state index in [0.717, 1.165) is 40.9 Å². The first kappa shape index (κ1) is 29.9. The van der Waals surface area contributed by atoms with Crippen molar-refractivity contribution in [2.75, 3.05) is 7.05 Å². The predicted molar refractivity (Wildman–Crippen MR) is 153 cm³/mol. The summed E-state index contributed by atoms with van der Waals surface area (Å²) in [5.41, 5.74) is 3.13. The van der Waals surface area contributed by atoms with Gasteiger partial charge in [-0.1, -0.05) is 51.1 Å². The van der Waals surface area contributed by atoms with E-state index in [4.69, 9.17) is 0 Å². The molecule has 2 aromatic rings. The molecule has 10 nitrogen and oxygen atoms in total. The molecule has 4 amide bonds. The highest BCUT2D eigenvalue weighted by molar-refractivity contribution is 5.94. The second-order valence-electron chi connectivity index (χ2n) is 12.2. The second kappa shape index (κ2) is 11.8. The standard InChI is InChI=1S/C31H40N4O6/c1-18(34(5)30(40)41)27(37)33-26(31(2,3)4)29(39)35-17-21-15-22(36)14-13-20(21)16-25(35)28(38)32-24-12-8-10-19-9-6-7-11-23(19)24/h6-7,9,11,13-15,18,24-26,36H,8,10,12,16-17H2,1-5H3,(H,32,38)(H,33,37)(H,40,41)/t18-,24+,25-,26+/m0/s1. The van der Waals surface area contributed by atoms with Crippen molar-refractivity contribution < 1.29 is 29.4 Å². The number of fused-ring (bicyclic) bond motifs is 2. The van der Waals surface area contributed by atoms with Crippen LogP contribution < -0.4 is 10.6 Å². The van der Waals surface area contributed by atoms with Crippen LogP contribution in [0.25, 0.3) is 0 Å². The van der Waals surface area contributed by atoms with E-state index in [2.05, 4.69) is 16.7 Å². The molecule has 10 heteroatoms. The van der Waals surface area contributed by atoms with E-state index < -0.39 is 41.4 Å². The first-order valence-electron chi connectivity index (χ1n) is 14.0. The zero-order chi connectivity index (χ0) is 30.1. The number of benzene rings is 2. The highest BCUT2D eigenvalue weighted by Gasteiger charge is 2.43. The topological polar surface area (TPSA) is 139 Å². The zero-order valence-electron chi connectivity index (χ0n) is 24.3. The van der Waals surface area contributed by atoms with Gasteiger partial charge in [0.05, 0.1) is 6.04 Å². The van der Waals surface area contributed by atoms with Crippen LogP contribution in [0.4, 0.5) is 4.79 Å². The third-order valence-electron chi connectivity index (χ3n) is 8.25. The van der Waals surface area contributed by atoms with Crippen LogP contribution in [0.2, 0.25) is 0 Å². The van der Waals surface area contributed by atoms with Crippen LogP contribution in [-0.2, 0) is 33.8 Å². The van der Waals surface area contributed by atoms with Crippen LogP contribution in [0, 0.1) is 5.41 Å². The molecule has 0 saturated heterocycles. The van der Waals surface area contributed by atoms with Gasteiger partial charge in [0.2, 0.25) is 17.7 Å². The minimum atomic E-state index is -1.26. The molecule has 1 heterocycles. The minimum Gasteiger partial charge on any atom is -0.508 e. The number of nitrogens with one attached hydrogen (secondary N) is 2. The lowest BCUT2D eigenvalue weighted by Gasteiger charge is -2.42. The summed E-state index contributed by atoms with van der Waals surface area (Å²) in [6.07, 6.45) is 1.68. The van der Waals surface area contributed by atoms with Crippen molar-refractivity contribution in [3.63, 3.8) is 0 Å². The van der Waals surface area contributed by atoms with Crippen molar-refractivity contribution >= 4 is 23.8 Å². The molecule has 4 rings (SSSR count). The van der Waals surface area contributed by atoms with Crippen LogP contribution >= 0.6 is 0 Å². The number of nitrogens with zero attached hydrogens (tertiary/aromatic N) is 2. The maximum absolute atomic E-state index is 14.2. The Morgan fingerprint density at radius 3 is 2.44 bits per heavy atom. The summed E-state index contributed by atoms with van der Waals surface area (Å²) in [5.74, 6) is -1.28. The summed E-state index contributed by atoms with van der Waals surface area (Å²) in [5, 5.41) is 25.4. The third kappa shape index (κ3) is 6.47. The summed E-state index contributed by atoms with van der Waals surface area (Å²) in [4.78, 5) is 55.0. The Kier molecular flexibility index (Phi) is 8.60. The molecule has 0 fully saturated rings. The molecule has 0 unspecified atom stereocenters. The third-order valence-corrected chi connectivity index (χ3v) is 8.25. The monoisotopic (exact) mass is 564 g/mol. The number of carboxylic acid groups (broad SMARTS) is 1. The zero-order valence-corrected chi connectivity index (χ0v) is 24.3. The van der Waals surface area contributed by atoms with Crippen molar-refractivity contribution in [2.24, 2.45) is 5.41 Å². The number of amides is 4. The van der Waals surface area contributed by atoms with Gasteiger partial charge in [-0.05, 0) is 66.0 Å². The second-order valence-corrected chi connectivity index (χ2v) is 12.2. The Bertz CT molecular complexity index is 1340. The Morgan fingerprint density at radius 2 is 1.76 bits per heavy atom. The van der Waals surface area contributed by atoms with Gasteiger partial charge in [-0.15, -0.1) is 0 Å². The average Bonchev–Trinajstić information content (AvgIpc) is 2.93. The van der Waals surface area contributed by atoms with Gasteiger partial charge in [-0.3, -0.25) is 19.3 Å². The molecule has 2 aromatic carbocycles. The van der Waals surface area contributed by atoms with Gasteiger partial charge in [0.15, 0.2) is 0 Å². The fourth-order valence-corrected chi connectivity index (χ4v) is 5.63. The van der Waals surface area contributed by atoms with E-state index in [9.17, 15) is 29.4 Å². The highest BCUT2D eigenvalue weighted by Crippen LogP contribution is 2.33. The predicted octanol–water partition coefficient (Wildman–Crippen LogP) is 3.37. The molecular weight excluding hydrogens is 524 g/mol. The minimum absolute atomic E-state index is 0.0593. The van der Waals surface area contributed by atoms with Gasteiger partial charge in [-0.25, -0.2) is 4.79 Å². The van der Waals surface area contributed by atoms with E-state index in [1.54, 1.807) is 39.0 Å². The summed E-state index contributed by atoms with van der Waals surface area (Å²) in [6.45, 7) is 6.94. The Labute approximate surface area is 240 Å². The fraction of sp³-hybridized carbons (Fsp3) is 0.484. The van der Waals surface area contributed by atoms with Crippen LogP contribution in [0.15, 0.2) is 42.5 Å². The Balaban J connectivity index is 1.64. The first-order valence-corrected chi connectivity index (χ1v) is 14.0. The Morgan fingerprint density at radius 1 is 1.05 bits per heavy atom. The van der Waals surface area contributed by atoms with Crippen molar-refractivity contribution in [3.05, 3.63) is 64.7 Å². The number of phenolic OH excluding ortho intramolecular Hbond substituents is 1. The lowest BCUT2D eigenvalue weighted by molar-refractivity contribution is -0.147. The molecule has 2 aliphatic rings. The van der Waals surface area contributed by atoms with Crippen LogP contribution in [0.5, 0.6) is 5.75 Å². The molecule has 0 aromatic heterocycles. The molecule has 0 radical (unpaired) electrons. The van der Waals surface area contributed by atoms with Crippen LogP contribution in [0.3, 0.4) is 0 Å². The number of hydrogen-bond acceptors (Lipinski definition) is 5. The average molecular weight is 565 g/mol. The lowest BCUT2D eigenvalue weighted by Crippen LogP contribution is -2.62. The quantitative estimate of drug-likeness (QED) is 0.424. The maximum atomic E-state index is 14.2. The molecule has 1 aliphatic carbocycles. The number of likely N-dealkylation sites (N-methyl/N-ethyl adjacent to an activating group) is 1. The molecule has 1 aliphatic heterocycles. The Hall–Kier alpha value is -4.08. The summed E-state index contributed by atoms with van der Waals surface area (Å²) in [6, 6.07) is 9.92. The highest BCUT2D eigenvalue weighted by atomic mass is 16.4. The largest absolute Gasteiger partial charge is 0.508 e. The number of hydrogen-bond donors (Lipinski definition) is 4. The lowest BCUT2D eigenvalue weighted by atomic mass is 9.83.